The van der Waals surface area contributed by atoms with Crippen molar-refractivity contribution >= 4 is 5.97 Å². The van der Waals surface area contributed by atoms with E-state index in [2.05, 4.69) is 11.2 Å². The van der Waals surface area contributed by atoms with Gasteiger partial charge in [0, 0.05) is 11.3 Å². The molecule has 0 aliphatic rings. The predicted octanol–water partition coefficient (Wildman–Crippen LogP) is 2.05. The lowest BCUT2D eigenvalue weighted by atomic mass is 10.1. The van der Waals surface area contributed by atoms with Gasteiger partial charge in [0.1, 0.15) is 0 Å². The summed E-state index contributed by atoms with van der Waals surface area (Å²) in [6.07, 6.45) is -0.00889. The SMILES string of the molecule is Cc1nn(Cc2ccc(C#N)cc2)c(C)c1CC(=O)O. The Bertz CT molecular complexity index is 678. The lowest BCUT2D eigenvalue weighted by Gasteiger charge is -2.05. The molecule has 102 valence electrons. The Morgan fingerprint density at radius 2 is 2.00 bits per heavy atom. The number of aromatic nitrogens is 2. The number of hydrogen-bond donors (Lipinski definition) is 1. The first-order valence-corrected chi connectivity index (χ1v) is 6.25. The molecule has 2 rings (SSSR count). The molecular formula is C15H15N3O2. The van der Waals surface area contributed by atoms with Crippen molar-refractivity contribution in [3.05, 3.63) is 52.3 Å². The van der Waals surface area contributed by atoms with Crippen LogP contribution in [0.2, 0.25) is 0 Å². The predicted molar refractivity (Wildman–Crippen MR) is 73.3 cm³/mol. The zero-order valence-electron chi connectivity index (χ0n) is 11.4. The standard InChI is InChI=1S/C15H15N3O2/c1-10-14(7-15(19)20)11(2)18(17-10)9-13-5-3-12(8-16)4-6-13/h3-6H,7,9H2,1-2H3,(H,19,20). The third-order valence-corrected chi connectivity index (χ3v) is 3.27. The van der Waals surface area contributed by atoms with Crippen LogP contribution < -0.4 is 0 Å². The summed E-state index contributed by atoms with van der Waals surface area (Å²) in [5.74, 6) is -0.853. The highest BCUT2D eigenvalue weighted by Crippen LogP contribution is 2.15. The van der Waals surface area contributed by atoms with Crippen LogP contribution in [0.3, 0.4) is 0 Å². The van der Waals surface area contributed by atoms with E-state index in [9.17, 15) is 4.79 Å². The smallest absolute Gasteiger partial charge is 0.307 e. The summed E-state index contributed by atoms with van der Waals surface area (Å²) in [6, 6.07) is 9.36. The number of nitrogens with zero attached hydrogens (tertiary/aromatic N) is 3. The minimum absolute atomic E-state index is 0.00889. The van der Waals surface area contributed by atoms with Gasteiger partial charge in [-0.3, -0.25) is 9.48 Å². The van der Waals surface area contributed by atoms with Crippen molar-refractivity contribution in [2.24, 2.45) is 0 Å². The van der Waals surface area contributed by atoms with Crippen molar-refractivity contribution < 1.29 is 9.90 Å². The number of carboxylic acids is 1. The van der Waals surface area contributed by atoms with Crippen molar-refractivity contribution in [3.63, 3.8) is 0 Å². The monoisotopic (exact) mass is 269 g/mol. The van der Waals surface area contributed by atoms with Crippen LogP contribution in [0.1, 0.15) is 28.1 Å². The van der Waals surface area contributed by atoms with Crippen LogP contribution in [0.4, 0.5) is 0 Å². The zero-order chi connectivity index (χ0) is 14.7. The van der Waals surface area contributed by atoms with Gasteiger partial charge in [-0.05, 0) is 31.5 Å². The van der Waals surface area contributed by atoms with E-state index < -0.39 is 5.97 Å². The second kappa shape index (κ2) is 5.57. The van der Waals surface area contributed by atoms with Crippen molar-refractivity contribution in [1.29, 1.82) is 5.26 Å². The first-order valence-electron chi connectivity index (χ1n) is 6.25. The quantitative estimate of drug-likeness (QED) is 0.921. The highest BCUT2D eigenvalue weighted by Gasteiger charge is 2.14. The van der Waals surface area contributed by atoms with Gasteiger partial charge < -0.3 is 5.11 Å². The molecule has 20 heavy (non-hydrogen) atoms. The van der Waals surface area contributed by atoms with E-state index in [1.165, 1.54) is 0 Å². The molecule has 0 unspecified atom stereocenters. The van der Waals surface area contributed by atoms with Gasteiger partial charge in [0.05, 0.1) is 30.3 Å². The first-order chi connectivity index (χ1) is 9.51. The molecule has 5 heteroatoms. The number of nitriles is 1. The van der Waals surface area contributed by atoms with E-state index in [1.807, 2.05) is 26.0 Å². The molecule has 0 amide bonds. The summed E-state index contributed by atoms with van der Waals surface area (Å²) in [5, 5.41) is 22.1. The highest BCUT2D eigenvalue weighted by atomic mass is 16.4. The van der Waals surface area contributed by atoms with E-state index in [0.717, 1.165) is 22.5 Å². The molecule has 0 spiro atoms. The average molecular weight is 269 g/mol. The fourth-order valence-corrected chi connectivity index (χ4v) is 2.15. The maximum absolute atomic E-state index is 10.8. The molecule has 1 heterocycles. The van der Waals surface area contributed by atoms with Crippen molar-refractivity contribution in [1.82, 2.24) is 9.78 Å². The summed E-state index contributed by atoms with van der Waals surface area (Å²) in [4.78, 5) is 10.8. The van der Waals surface area contributed by atoms with Gasteiger partial charge in [0.15, 0.2) is 0 Å². The second-order valence-corrected chi connectivity index (χ2v) is 4.69. The van der Waals surface area contributed by atoms with E-state index in [-0.39, 0.29) is 6.42 Å². The molecule has 0 radical (unpaired) electrons. The first kappa shape index (κ1) is 13.8. The molecule has 2 aromatic rings. The van der Waals surface area contributed by atoms with Gasteiger partial charge in [-0.2, -0.15) is 10.4 Å². The van der Waals surface area contributed by atoms with Gasteiger partial charge in [-0.1, -0.05) is 12.1 Å². The Labute approximate surface area is 117 Å². The van der Waals surface area contributed by atoms with Crippen LogP contribution in [0.15, 0.2) is 24.3 Å². The van der Waals surface area contributed by atoms with Crippen LogP contribution >= 0.6 is 0 Å². The van der Waals surface area contributed by atoms with Crippen LogP contribution in [0.25, 0.3) is 0 Å². The Morgan fingerprint density at radius 1 is 1.35 bits per heavy atom. The number of carboxylic acid groups (broad SMARTS) is 1. The fourth-order valence-electron chi connectivity index (χ4n) is 2.15. The molecule has 0 bridgehead atoms. The van der Waals surface area contributed by atoms with E-state index >= 15 is 0 Å². The summed E-state index contributed by atoms with van der Waals surface area (Å²) < 4.78 is 1.80. The molecule has 0 aliphatic carbocycles. The van der Waals surface area contributed by atoms with Gasteiger partial charge in [-0.15, -0.1) is 0 Å². The molecular weight excluding hydrogens is 254 g/mol. The summed E-state index contributed by atoms with van der Waals surface area (Å²) in [6.45, 7) is 4.26. The lowest BCUT2D eigenvalue weighted by molar-refractivity contribution is -0.136. The zero-order valence-corrected chi connectivity index (χ0v) is 11.4. The number of hydrogen-bond acceptors (Lipinski definition) is 3. The Kier molecular flexibility index (Phi) is 3.85. The number of carbonyl (C=O) groups is 1. The van der Waals surface area contributed by atoms with E-state index in [4.69, 9.17) is 10.4 Å². The molecule has 1 aromatic carbocycles. The minimum atomic E-state index is -0.853. The largest absolute Gasteiger partial charge is 0.481 e. The molecule has 5 nitrogen and oxygen atoms in total. The summed E-state index contributed by atoms with van der Waals surface area (Å²) in [5.41, 5.74) is 4.03. The van der Waals surface area contributed by atoms with Gasteiger partial charge >= 0.3 is 5.97 Å². The second-order valence-electron chi connectivity index (χ2n) is 4.69. The van der Waals surface area contributed by atoms with E-state index in [0.29, 0.717) is 12.1 Å². The summed E-state index contributed by atoms with van der Waals surface area (Å²) >= 11 is 0. The molecule has 0 saturated carbocycles. The van der Waals surface area contributed by atoms with Crippen LogP contribution in [0.5, 0.6) is 0 Å². The van der Waals surface area contributed by atoms with Gasteiger partial charge in [0.25, 0.3) is 0 Å². The molecule has 0 aliphatic heterocycles. The number of aliphatic carboxylic acids is 1. The van der Waals surface area contributed by atoms with Crippen LogP contribution in [0, 0.1) is 25.2 Å². The fraction of sp³-hybridized carbons (Fsp3) is 0.267. The Balaban J connectivity index is 2.25. The molecule has 0 fully saturated rings. The van der Waals surface area contributed by atoms with Crippen molar-refractivity contribution in [2.45, 2.75) is 26.8 Å². The normalized spacial score (nSPS) is 10.2. The number of aryl methyl sites for hydroxylation is 1. The molecule has 1 aromatic heterocycles. The molecule has 0 atom stereocenters. The van der Waals surface area contributed by atoms with Crippen molar-refractivity contribution in [3.8, 4) is 6.07 Å². The topological polar surface area (TPSA) is 78.9 Å². The minimum Gasteiger partial charge on any atom is -0.481 e. The maximum Gasteiger partial charge on any atom is 0.307 e. The summed E-state index contributed by atoms with van der Waals surface area (Å²) in [7, 11) is 0. The lowest BCUT2D eigenvalue weighted by Crippen LogP contribution is -2.06. The third kappa shape index (κ3) is 2.86. The highest BCUT2D eigenvalue weighted by molar-refractivity contribution is 5.70. The van der Waals surface area contributed by atoms with Gasteiger partial charge in [0.2, 0.25) is 0 Å². The van der Waals surface area contributed by atoms with Crippen molar-refractivity contribution in [2.75, 3.05) is 0 Å². The van der Waals surface area contributed by atoms with Gasteiger partial charge in [-0.25, -0.2) is 0 Å². The molecule has 0 saturated heterocycles. The van der Waals surface area contributed by atoms with Crippen LogP contribution in [-0.4, -0.2) is 20.9 Å². The molecule has 1 N–H and O–H groups in total. The number of rotatable bonds is 4. The van der Waals surface area contributed by atoms with E-state index in [1.54, 1.807) is 16.8 Å². The number of benzene rings is 1. The van der Waals surface area contributed by atoms with Crippen LogP contribution in [-0.2, 0) is 17.8 Å². The Morgan fingerprint density at radius 3 is 2.55 bits per heavy atom. The maximum atomic E-state index is 10.8. The third-order valence-electron chi connectivity index (χ3n) is 3.27. The average Bonchev–Trinajstić information content (AvgIpc) is 2.67. The Hall–Kier alpha value is -2.61.